The van der Waals surface area contributed by atoms with Crippen molar-refractivity contribution in [1.29, 1.82) is 0 Å². The molecule has 0 aromatic heterocycles. The van der Waals surface area contributed by atoms with Gasteiger partial charge in [-0.2, -0.15) is 0 Å². The van der Waals surface area contributed by atoms with Gasteiger partial charge in [0.25, 0.3) is 0 Å². The first-order valence-corrected chi connectivity index (χ1v) is 10.4. The standard InChI is InChI=1S/C26H21ClO2/c27-21-13-11-18(12-14-21)17-26-16-15-22(26)23(24(28)19-7-3-1-4-8-19)25(29-26)20-9-5-2-6-10-20/h1-14,22H,15-17H2/t22-,26+/m0/s1. The molecule has 0 amide bonds. The first kappa shape index (κ1) is 18.2. The third kappa shape index (κ3) is 3.18. The first-order valence-electron chi connectivity index (χ1n) is 9.99. The first-order chi connectivity index (χ1) is 14.2. The Kier molecular flexibility index (Phi) is 4.52. The molecule has 144 valence electrons. The Bertz CT molecular complexity index is 1070. The van der Waals surface area contributed by atoms with Gasteiger partial charge in [-0.15, -0.1) is 0 Å². The van der Waals surface area contributed by atoms with Crippen molar-refractivity contribution in [1.82, 2.24) is 0 Å². The SMILES string of the molecule is O=C(C1=C(c2ccccc2)O[C@@]2(Cc3ccc(Cl)cc3)CC[C@@H]12)c1ccccc1. The van der Waals surface area contributed by atoms with Gasteiger partial charge in [-0.05, 0) is 30.5 Å². The summed E-state index contributed by atoms with van der Waals surface area (Å²) in [6, 6.07) is 27.5. The zero-order valence-corrected chi connectivity index (χ0v) is 16.7. The molecule has 0 spiro atoms. The number of halogens is 1. The maximum absolute atomic E-state index is 13.5. The van der Waals surface area contributed by atoms with E-state index < -0.39 is 0 Å². The zero-order valence-electron chi connectivity index (χ0n) is 16.0. The van der Waals surface area contributed by atoms with Crippen molar-refractivity contribution < 1.29 is 9.53 Å². The van der Waals surface area contributed by atoms with Crippen LogP contribution in [0, 0.1) is 5.92 Å². The lowest BCUT2D eigenvalue weighted by Gasteiger charge is -2.44. The molecule has 0 saturated heterocycles. The highest BCUT2D eigenvalue weighted by molar-refractivity contribution is 6.30. The Morgan fingerprint density at radius 1 is 0.931 bits per heavy atom. The predicted octanol–water partition coefficient (Wildman–Crippen LogP) is 6.36. The molecule has 1 aliphatic carbocycles. The normalized spacial score (nSPS) is 22.6. The van der Waals surface area contributed by atoms with E-state index in [2.05, 4.69) is 12.1 Å². The minimum atomic E-state index is -0.348. The van der Waals surface area contributed by atoms with E-state index in [4.69, 9.17) is 16.3 Å². The highest BCUT2D eigenvalue weighted by Gasteiger charge is 2.57. The molecule has 1 heterocycles. The molecule has 2 nitrogen and oxygen atoms in total. The van der Waals surface area contributed by atoms with E-state index in [1.807, 2.05) is 72.8 Å². The van der Waals surface area contributed by atoms with E-state index in [0.29, 0.717) is 5.56 Å². The van der Waals surface area contributed by atoms with Crippen LogP contribution in [-0.2, 0) is 11.2 Å². The molecule has 2 aliphatic rings. The van der Waals surface area contributed by atoms with Crippen LogP contribution in [0.25, 0.3) is 5.76 Å². The number of benzene rings is 3. The average molecular weight is 401 g/mol. The summed E-state index contributed by atoms with van der Waals surface area (Å²) in [5.41, 5.74) is 3.34. The fraction of sp³-hybridized carbons (Fsp3) is 0.192. The van der Waals surface area contributed by atoms with Crippen LogP contribution in [-0.4, -0.2) is 11.4 Å². The van der Waals surface area contributed by atoms with E-state index in [1.165, 1.54) is 5.56 Å². The summed E-state index contributed by atoms with van der Waals surface area (Å²) in [6.07, 6.45) is 2.69. The van der Waals surface area contributed by atoms with E-state index in [9.17, 15) is 4.79 Å². The van der Waals surface area contributed by atoms with Gasteiger partial charge in [0.15, 0.2) is 5.78 Å². The van der Waals surface area contributed by atoms with Crippen molar-refractivity contribution in [2.24, 2.45) is 5.92 Å². The van der Waals surface area contributed by atoms with Crippen molar-refractivity contribution >= 4 is 23.1 Å². The number of ketones is 1. The van der Waals surface area contributed by atoms with Crippen LogP contribution in [0.15, 0.2) is 90.5 Å². The molecule has 1 aliphatic heterocycles. The smallest absolute Gasteiger partial charge is 0.193 e. The molecule has 0 bridgehead atoms. The summed E-state index contributed by atoms with van der Waals surface area (Å²) in [7, 11) is 0. The van der Waals surface area contributed by atoms with Crippen LogP contribution in [0.5, 0.6) is 0 Å². The van der Waals surface area contributed by atoms with Gasteiger partial charge in [-0.1, -0.05) is 84.4 Å². The molecule has 0 N–H and O–H groups in total. The lowest BCUT2D eigenvalue weighted by atomic mass is 9.63. The van der Waals surface area contributed by atoms with Crippen molar-refractivity contribution in [3.63, 3.8) is 0 Å². The Morgan fingerprint density at radius 2 is 1.59 bits per heavy atom. The van der Waals surface area contributed by atoms with Crippen molar-refractivity contribution in [2.45, 2.75) is 24.9 Å². The summed E-state index contributed by atoms with van der Waals surface area (Å²) in [4.78, 5) is 13.5. The van der Waals surface area contributed by atoms with Crippen molar-refractivity contribution in [3.8, 4) is 0 Å². The van der Waals surface area contributed by atoms with Crippen molar-refractivity contribution in [2.75, 3.05) is 0 Å². The molecule has 0 unspecified atom stereocenters. The Morgan fingerprint density at radius 3 is 2.21 bits per heavy atom. The van der Waals surface area contributed by atoms with Crippen molar-refractivity contribution in [3.05, 3.63) is 112 Å². The summed E-state index contributed by atoms with van der Waals surface area (Å²) in [6.45, 7) is 0. The highest BCUT2D eigenvalue weighted by Crippen LogP contribution is 2.57. The number of carbonyl (C=O) groups excluding carboxylic acids is 1. The summed E-state index contributed by atoms with van der Waals surface area (Å²) < 4.78 is 6.65. The lowest BCUT2D eigenvalue weighted by molar-refractivity contribution is -0.0510. The lowest BCUT2D eigenvalue weighted by Crippen LogP contribution is -2.48. The number of carbonyl (C=O) groups is 1. The van der Waals surface area contributed by atoms with Crippen LogP contribution >= 0.6 is 11.6 Å². The fourth-order valence-corrected chi connectivity index (χ4v) is 4.69. The topological polar surface area (TPSA) is 26.3 Å². The molecule has 1 saturated carbocycles. The highest BCUT2D eigenvalue weighted by atomic mass is 35.5. The maximum Gasteiger partial charge on any atom is 0.193 e. The summed E-state index contributed by atoms with van der Waals surface area (Å²) >= 11 is 6.06. The maximum atomic E-state index is 13.5. The minimum Gasteiger partial charge on any atom is -0.485 e. The van der Waals surface area contributed by atoms with Gasteiger partial charge < -0.3 is 4.74 Å². The summed E-state index contributed by atoms with van der Waals surface area (Å²) in [5.74, 6) is 0.934. The molecule has 3 heteroatoms. The van der Waals surface area contributed by atoms with Gasteiger partial charge >= 0.3 is 0 Å². The number of hydrogen-bond acceptors (Lipinski definition) is 2. The van der Waals surface area contributed by atoms with Crippen LogP contribution in [0.2, 0.25) is 5.02 Å². The quantitative estimate of drug-likeness (QED) is 0.466. The Labute approximate surface area is 175 Å². The summed E-state index contributed by atoms with van der Waals surface area (Å²) in [5, 5.41) is 0.729. The minimum absolute atomic E-state index is 0.0761. The third-order valence-electron chi connectivity index (χ3n) is 6.12. The number of Topliss-reactive ketones (excluding diaryl/α,β-unsaturated/α-hetero) is 1. The van der Waals surface area contributed by atoms with Gasteiger partial charge in [0.05, 0.1) is 0 Å². The van der Waals surface area contributed by atoms with E-state index >= 15 is 0 Å². The molecule has 0 radical (unpaired) electrons. The Hall–Kier alpha value is -2.84. The zero-order chi connectivity index (χ0) is 19.8. The number of ether oxygens (including phenoxy) is 1. The second-order valence-electron chi connectivity index (χ2n) is 7.87. The average Bonchev–Trinajstić information content (AvgIpc) is 2.98. The Balaban J connectivity index is 1.55. The molecule has 3 aromatic rings. The fourth-order valence-electron chi connectivity index (χ4n) is 4.56. The van der Waals surface area contributed by atoms with E-state index in [-0.39, 0.29) is 17.3 Å². The van der Waals surface area contributed by atoms with Gasteiger partial charge in [-0.25, -0.2) is 0 Å². The van der Waals surface area contributed by atoms with Gasteiger partial charge in [-0.3, -0.25) is 4.79 Å². The van der Waals surface area contributed by atoms with E-state index in [1.54, 1.807) is 0 Å². The third-order valence-corrected chi connectivity index (χ3v) is 6.37. The van der Waals surface area contributed by atoms with E-state index in [0.717, 1.165) is 41.2 Å². The van der Waals surface area contributed by atoms with Crippen LogP contribution in [0.4, 0.5) is 0 Å². The van der Waals surface area contributed by atoms with Gasteiger partial charge in [0.1, 0.15) is 11.4 Å². The van der Waals surface area contributed by atoms with Crippen LogP contribution in [0.1, 0.15) is 34.3 Å². The second-order valence-corrected chi connectivity index (χ2v) is 8.30. The molecule has 2 atom stereocenters. The second kappa shape index (κ2) is 7.20. The largest absolute Gasteiger partial charge is 0.485 e. The van der Waals surface area contributed by atoms with Crippen LogP contribution in [0.3, 0.4) is 0 Å². The monoisotopic (exact) mass is 400 g/mol. The molecule has 3 aromatic carbocycles. The molecule has 1 fully saturated rings. The number of fused-ring (bicyclic) bond motifs is 1. The van der Waals surface area contributed by atoms with Gasteiger partial charge in [0, 0.05) is 34.1 Å². The molecular weight excluding hydrogens is 380 g/mol. The predicted molar refractivity (Wildman–Crippen MR) is 116 cm³/mol. The number of hydrogen-bond donors (Lipinski definition) is 0. The molecule has 5 rings (SSSR count). The van der Waals surface area contributed by atoms with Crippen LogP contribution < -0.4 is 0 Å². The molecular formula is C26H21ClO2. The number of rotatable bonds is 5. The van der Waals surface area contributed by atoms with Gasteiger partial charge in [0.2, 0.25) is 0 Å². The molecule has 29 heavy (non-hydrogen) atoms.